The third-order valence-electron chi connectivity index (χ3n) is 9.99. The first-order valence-corrected chi connectivity index (χ1v) is 21.0. The second-order valence-electron chi connectivity index (χ2n) is 14.5. The van der Waals surface area contributed by atoms with Crippen molar-refractivity contribution in [2.24, 2.45) is 0 Å². The SMILES string of the molecule is CCCCCCCCCCCCCCCCCCN(CCCCCCCCCCC(=O)OC)CCCCCCCCCCC(=O)OC. The van der Waals surface area contributed by atoms with Crippen LogP contribution in [0.15, 0.2) is 0 Å². The van der Waals surface area contributed by atoms with Gasteiger partial charge in [0.1, 0.15) is 0 Å². The van der Waals surface area contributed by atoms with E-state index in [0.29, 0.717) is 12.8 Å². The Morgan fingerprint density at radius 3 is 0.787 bits per heavy atom. The monoisotopic (exact) mass is 666 g/mol. The minimum atomic E-state index is -0.0711. The van der Waals surface area contributed by atoms with Crippen molar-refractivity contribution in [3.8, 4) is 0 Å². The fraction of sp³-hybridized carbons (Fsp3) is 0.952. The van der Waals surface area contributed by atoms with E-state index in [2.05, 4.69) is 11.8 Å². The lowest BCUT2D eigenvalue weighted by Crippen LogP contribution is -2.27. The van der Waals surface area contributed by atoms with Gasteiger partial charge in [0.25, 0.3) is 0 Å². The Hall–Kier alpha value is -1.10. The highest BCUT2D eigenvalue weighted by Gasteiger charge is 2.06. The Kier molecular flexibility index (Phi) is 38.4. The molecule has 5 nitrogen and oxygen atoms in total. The van der Waals surface area contributed by atoms with Gasteiger partial charge in [0.2, 0.25) is 0 Å². The van der Waals surface area contributed by atoms with Crippen LogP contribution in [0.25, 0.3) is 0 Å². The van der Waals surface area contributed by atoms with Crippen molar-refractivity contribution >= 4 is 11.9 Å². The summed E-state index contributed by atoms with van der Waals surface area (Å²) < 4.78 is 9.46. The van der Waals surface area contributed by atoms with Gasteiger partial charge in [0, 0.05) is 12.8 Å². The molecule has 0 saturated carbocycles. The highest BCUT2D eigenvalue weighted by atomic mass is 16.5. The lowest BCUT2D eigenvalue weighted by atomic mass is 10.0. The summed E-state index contributed by atoms with van der Waals surface area (Å²) in [5.41, 5.74) is 0. The average molecular weight is 666 g/mol. The van der Waals surface area contributed by atoms with Gasteiger partial charge in [-0.15, -0.1) is 0 Å². The van der Waals surface area contributed by atoms with E-state index in [1.165, 1.54) is 214 Å². The molecule has 0 amide bonds. The second-order valence-corrected chi connectivity index (χ2v) is 14.5. The van der Waals surface area contributed by atoms with E-state index < -0.39 is 0 Å². The van der Waals surface area contributed by atoms with Crippen LogP contribution in [0, 0.1) is 0 Å². The standard InChI is InChI=1S/C42H83NO4/c1-4-5-6-7-8-9-10-11-12-13-14-15-18-23-28-33-38-43(39-34-29-24-19-16-21-26-31-36-41(44)46-2)40-35-30-25-20-17-22-27-32-37-42(45)47-3/h4-40H2,1-3H3. The van der Waals surface area contributed by atoms with Crippen molar-refractivity contribution < 1.29 is 19.1 Å². The van der Waals surface area contributed by atoms with Gasteiger partial charge in [-0.2, -0.15) is 0 Å². The molecule has 0 unspecified atom stereocenters. The summed E-state index contributed by atoms with van der Waals surface area (Å²) in [6, 6.07) is 0. The molecule has 5 heteroatoms. The zero-order valence-electron chi connectivity index (χ0n) is 32.2. The predicted octanol–water partition coefficient (Wildman–Crippen LogP) is 12.9. The molecular formula is C42H83NO4. The molecule has 0 aliphatic heterocycles. The Balaban J connectivity index is 3.94. The molecule has 0 aromatic carbocycles. The first-order valence-electron chi connectivity index (χ1n) is 21.0. The van der Waals surface area contributed by atoms with Gasteiger partial charge in [-0.25, -0.2) is 0 Å². The average Bonchev–Trinajstić information content (AvgIpc) is 3.08. The quantitative estimate of drug-likeness (QED) is 0.0483. The van der Waals surface area contributed by atoms with Gasteiger partial charge in [-0.3, -0.25) is 9.59 Å². The smallest absolute Gasteiger partial charge is 0.305 e. The highest BCUT2D eigenvalue weighted by molar-refractivity contribution is 5.69. The summed E-state index contributed by atoms with van der Waals surface area (Å²) in [6.07, 6.45) is 44.2. The molecular weight excluding hydrogens is 582 g/mol. The number of methoxy groups -OCH3 is 2. The maximum Gasteiger partial charge on any atom is 0.305 e. The molecule has 0 spiro atoms. The number of carbonyl (C=O) groups excluding carboxylic acids is 2. The van der Waals surface area contributed by atoms with Crippen molar-refractivity contribution in [3.63, 3.8) is 0 Å². The maximum absolute atomic E-state index is 11.2. The minimum Gasteiger partial charge on any atom is -0.469 e. The Bertz CT molecular complexity index is 604. The molecule has 0 fully saturated rings. The lowest BCUT2D eigenvalue weighted by molar-refractivity contribution is -0.141. The molecule has 0 atom stereocenters. The number of hydrogen-bond acceptors (Lipinski definition) is 5. The molecule has 0 aromatic rings. The van der Waals surface area contributed by atoms with Crippen LogP contribution in [0.2, 0.25) is 0 Å². The lowest BCUT2D eigenvalue weighted by Gasteiger charge is -2.22. The second kappa shape index (κ2) is 39.3. The summed E-state index contributed by atoms with van der Waals surface area (Å²) in [5, 5.41) is 0. The van der Waals surface area contributed by atoms with E-state index >= 15 is 0 Å². The van der Waals surface area contributed by atoms with Crippen LogP contribution in [-0.4, -0.2) is 50.7 Å². The summed E-state index contributed by atoms with van der Waals surface area (Å²) in [6.45, 7) is 6.14. The third-order valence-corrected chi connectivity index (χ3v) is 9.99. The zero-order chi connectivity index (χ0) is 34.3. The summed E-state index contributed by atoms with van der Waals surface area (Å²) in [4.78, 5) is 25.2. The van der Waals surface area contributed by atoms with E-state index in [1.807, 2.05) is 0 Å². The molecule has 47 heavy (non-hydrogen) atoms. The number of rotatable bonds is 39. The number of hydrogen-bond donors (Lipinski definition) is 0. The van der Waals surface area contributed by atoms with E-state index in [1.54, 1.807) is 0 Å². The first kappa shape index (κ1) is 45.9. The Morgan fingerprint density at radius 1 is 0.340 bits per heavy atom. The van der Waals surface area contributed by atoms with Crippen LogP contribution in [-0.2, 0) is 19.1 Å². The van der Waals surface area contributed by atoms with Crippen LogP contribution < -0.4 is 0 Å². The fourth-order valence-electron chi connectivity index (χ4n) is 6.75. The number of carbonyl (C=O) groups is 2. The van der Waals surface area contributed by atoms with Crippen LogP contribution in [0.4, 0.5) is 0 Å². The first-order chi connectivity index (χ1) is 23.1. The van der Waals surface area contributed by atoms with Gasteiger partial charge >= 0.3 is 11.9 Å². The molecule has 0 heterocycles. The van der Waals surface area contributed by atoms with Crippen LogP contribution in [0.5, 0.6) is 0 Å². The van der Waals surface area contributed by atoms with Gasteiger partial charge in [0.05, 0.1) is 14.2 Å². The van der Waals surface area contributed by atoms with Gasteiger partial charge in [0.15, 0.2) is 0 Å². The van der Waals surface area contributed by atoms with Crippen molar-refractivity contribution in [2.75, 3.05) is 33.9 Å². The molecule has 0 N–H and O–H groups in total. The molecule has 0 rings (SSSR count). The molecule has 0 bridgehead atoms. The number of nitrogens with zero attached hydrogens (tertiary/aromatic N) is 1. The van der Waals surface area contributed by atoms with E-state index in [0.717, 1.165) is 25.7 Å². The maximum atomic E-state index is 11.2. The fourth-order valence-corrected chi connectivity index (χ4v) is 6.75. The molecule has 0 aromatic heterocycles. The Labute approximate surface area is 294 Å². The van der Waals surface area contributed by atoms with E-state index in [4.69, 9.17) is 9.47 Å². The topological polar surface area (TPSA) is 55.8 Å². The third kappa shape index (κ3) is 37.6. The van der Waals surface area contributed by atoms with Crippen molar-refractivity contribution in [2.45, 2.75) is 225 Å². The van der Waals surface area contributed by atoms with Crippen molar-refractivity contribution in [1.82, 2.24) is 4.90 Å². The molecule has 0 saturated heterocycles. The normalized spacial score (nSPS) is 11.4. The van der Waals surface area contributed by atoms with Crippen molar-refractivity contribution in [1.29, 1.82) is 0 Å². The van der Waals surface area contributed by atoms with Gasteiger partial charge in [-0.1, -0.05) is 180 Å². The molecule has 0 aliphatic rings. The van der Waals surface area contributed by atoms with Crippen LogP contribution in [0.3, 0.4) is 0 Å². The summed E-state index contributed by atoms with van der Waals surface area (Å²) in [7, 11) is 2.96. The zero-order valence-corrected chi connectivity index (χ0v) is 32.2. The van der Waals surface area contributed by atoms with Crippen LogP contribution >= 0.6 is 0 Å². The van der Waals surface area contributed by atoms with Gasteiger partial charge in [-0.05, 0) is 51.7 Å². The number of ether oxygens (including phenoxy) is 2. The molecule has 0 aliphatic carbocycles. The largest absolute Gasteiger partial charge is 0.469 e. The van der Waals surface area contributed by atoms with Crippen LogP contribution in [0.1, 0.15) is 225 Å². The molecule has 280 valence electrons. The Morgan fingerprint density at radius 2 is 0.553 bits per heavy atom. The van der Waals surface area contributed by atoms with E-state index in [9.17, 15) is 9.59 Å². The molecule has 0 radical (unpaired) electrons. The van der Waals surface area contributed by atoms with Gasteiger partial charge < -0.3 is 14.4 Å². The van der Waals surface area contributed by atoms with E-state index in [-0.39, 0.29) is 11.9 Å². The summed E-state index contributed by atoms with van der Waals surface area (Å²) in [5.74, 6) is -0.142. The highest BCUT2D eigenvalue weighted by Crippen LogP contribution is 2.16. The van der Waals surface area contributed by atoms with Crippen molar-refractivity contribution in [3.05, 3.63) is 0 Å². The summed E-state index contributed by atoms with van der Waals surface area (Å²) >= 11 is 0. The minimum absolute atomic E-state index is 0.0711. The number of esters is 2. The number of unbranched alkanes of at least 4 members (excludes halogenated alkanes) is 29. The predicted molar refractivity (Wildman–Crippen MR) is 203 cm³/mol.